The van der Waals surface area contributed by atoms with Crippen molar-refractivity contribution < 1.29 is 4.21 Å². The van der Waals surface area contributed by atoms with E-state index >= 15 is 0 Å². The summed E-state index contributed by atoms with van der Waals surface area (Å²) in [7, 11) is -2.20. The molecule has 0 bridgehead atoms. The first-order valence-electron chi connectivity index (χ1n) is 3.72. The van der Waals surface area contributed by atoms with Crippen LogP contribution in [0.2, 0.25) is 0 Å². The second-order valence-electron chi connectivity index (χ2n) is 2.82. The zero-order valence-electron chi connectivity index (χ0n) is 7.07. The quantitative estimate of drug-likeness (QED) is 0.678. The van der Waals surface area contributed by atoms with Gasteiger partial charge in [0.1, 0.15) is 0 Å². The molecule has 0 aliphatic carbocycles. The Morgan fingerprint density at radius 1 is 1.42 bits per heavy atom. The molecule has 0 amide bonds. The number of nitrogens with two attached hydrogens (primary N) is 1. The maximum atomic E-state index is 11.1. The van der Waals surface area contributed by atoms with Crippen molar-refractivity contribution in [2.75, 3.05) is 6.26 Å². The molecule has 66 valence electrons. The molecule has 3 heteroatoms. The van der Waals surface area contributed by atoms with E-state index in [9.17, 15) is 4.21 Å². The van der Waals surface area contributed by atoms with Gasteiger partial charge in [-0.1, -0.05) is 30.3 Å². The molecule has 0 aromatic heterocycles. The SMILES string of the molecule is CS(N)(=O)=CCc1ccccc1. The molecule has 12 heavy (non-hydrogen) atoms. The van der Waals surface area contributed by atoms with E-state index in [1.54, 1.807) is 5.37 Å². The van der Waals surface area contributed by atoms with Crippen LogP contribution in [-0.2, 0) is 16.1 Å². The van der Waals surface area contributed by atoms with Crippen LogP contribution in [0, 0.1) is 0 Å². The monoisotopic (exact) mass is 183 g/mol. The second-order valence-corrected chi connectivity index (χ2v) is 5.09. The lowest BCUT2D eigenvalue weighted by molar-refractivity contribution is 0.686. The van der Waals surface area contributed by atoms with Gasteiger partial charge in [0.05, 0.1) is 0 Å². The molecule has 0 saturated carbocycles. The Balaban J connectivity index is 2.74. The van der Waals surface area contributed by atoms with Crippen molar-refractivity contribution in [1.29, 1.82) is 0 Å². The van der Waals surface area contributed by atoms with Gasteiger partial charge in [-0.15, -0.1) is 0 Å². The van der Waals surface area contributed by atoms with E-state index in [1.165, 1.54) is 6.26 Å². The van der Waals surface area contributed by atoms with E-state index in [4.69, 9.17) is 5.14 Å². The molecule has 0 spiro atoms. The van der Waals surface area contributed by atoms with Crippen LogP contribution in [0.15, 0.2) is 30.3 Å². The first-order valence-corrected chi connectivity index (χ1v) is 5.81. The zero-order chi connectivity index (χ0) is 9.03. The van der Waals surface area contributed by atoms with Crippen molar-refractivity contribution in [1.82, 2.24) is 0 Å². The normalized spacial score (nSPS) is 15.2. The van der Waals surface area contributed by atoms with Crippen LogP contribution in [0.4, 0.5) is 0 Å². The van der Waals surface area contributed by atoms with Gasteiger partial charge in [0.15, 0.2) is 0 Å². The van der Waals surface area contributed by atoms with E-state index in [1.807, 2.05) is 30.3 Å². The van der Waals surface area contributed by atoms with Gasteiger partial charge in [0.25, 0.3) is 0 Å². The molecule has 1 atom stereocenters. The molecule has 0 aliphatic heterocycles. The molecule has 2 N–H and O–H groups in total. The maximum Gasteiger partial charge on any atom is 0.0228 e. The smallest absolute Gasteiger partial charge is 0.0228 e. The molecule has 1 aromatic rings. The van der Waals surface area contributed by atoms with Crippen LogP contribution in [0.25, 0.3) is 0 Å². The van der Waals surface area contributed by atoms with Crippen LogP contribution in [0.3, 0.4) is 0 Å². The fourth-order valence-corrected chi connectivity index (χ4v) is 1.40. The van der Waals surface area contributed by atoms with Crippen LogP contribution in [-0.4, -0.2) is 15.8 Å². The molecule has 0 fully saturated rings. The van der Waals surface area contributed by atoms with Crippen molar-refractivity contribution in [2.24, 2.45) is 5.14 Å². The topological polar surface area (TPSA) is 43.1 Å². The second kappa shape index (κ2) is 3.74. The van der Waals surface area contributed by atoms with Gasteiger partial charge in [0.2, 0.25) is 0 Å². The van der Waals surface area contributed by atoms with Gasteiger partial charge in [-0.05, 0) is 17.4 Å². The molecule has 2 nitrogen and oxygen atoms in total. The Hall–Kier alpha value is -0.800. The Morgan fingerprint density at radius 3 is 2.50 bits per heavy atom. The molecule has 0 heterocycles. The summed E-state index contributed by atoms with van der Waals surface area (Å²) in [5.74, 6) is 0. The van der Waals surface area contributed by atoms with Crippen molar-refractivity contribution in [2.45, 2.75) is 6.42 Å². The van der Waals surface area contributed by atoms with Gasteiger partial charge in [-0.3, -0.25) is 9.35 Å². The third kappa shape index (κ3) is 3.55. The summed E-state index contributed by atoms with van der Waals surface area (Å²) in [6.07, 6.45) is 2.21. The minimum atomic E-state index is -2.20. The van der Waals surface area contributed by atoms with Crippen LogP contribution in [0.1, 0.15) is 5.56 Å². The third-order valence-corrected chi connectivity index (χ3v) is 2.32. The average Bonchev–Trinajstić information content (AvgIpc) is 2.02. The predicted octanol–water partition coefficient (Wildman–Crippen LogP) is 0.819. The summed E-state index contributed by atoms with van der Waals surface area (Å²) < 4.78 is 11.1. The number of benzene rings is 1. The average molecular weight is 183 g/mol. The Labute approximate surface area is 73.5 Å². The van der Waals surface area contributed by atoms with Crippen LogP contribution < -0.4 is 5.14 Å². The molecule has 0 saturated heterocycles. The van der Waals surface area contributed by atoms with E-state index in [0.717, 1.165) is 5.56 Å². The minimum Gasteiger partial charge on any atom is -0.260 e. The highest BCUT2D eigenvalue weighted by Crippen LogP contribution is 1.97. The van der Waals surface area contributed by atoms with E-state index < -0.39 is 9.71 Å². The number of rotatable bonds is 2. The first kappa shape index (κ1) is 9.29. The summed E-state index contributed by atoms with van der Waals surface area (Å²) >= 11 is 0. The van der Waals surface area contributed by atoms with E-state index in [0.29, 0.717) is 6.42 Å². The van der Waals surface area contributed by atoms with Crippen molar-refractivity contribution in [3.8, 4) is 0 Å². The lowest BCUT2D eigenvalue weighted by Gasteiger charge is -1.96. The highest BCUT2D eigenvalue weighted by Gasteiger charge is 1.90. The van der Waals surface area contributed by atoms with Gasteiger partial charge in [-0.25, -0.2) is 0 Å². The number of hydrogen-bond acceptors (Lipinski definition) is 1. The fourth-order valence-electron chi connectivity index (χ4n) is 0.876. The van der Waals surface area contributed by atoms with Crippen molar-refractivity contribution in [3.63, 3.8) is 0 Å². The highest BCUT2D eigenvalue weighted by atomic mass is 32.2. The third-order valence-electron chi connectivity index (χ3n) is 1.49. The summed E-state index contributed by atoms with van der Waals surface area (Å²) in [4.78, 5) is 0. The molecule has 1 unspecified atom stereocenters. The zero-order valence-corrected chi connectivity index (χ0v) is 7.88. The molecule has 0 radical (unpaired) electrons. The molecule has 1 aromatic carbocycles. The Kier molecular flexibility index (Phi) is 2.89. The fraction of sp³-hybridized carbons (Fsp3) is 0.222. The Bertz CT molecular complexity index is 342. The standard InChI is InChI=1S/C9H13NOS/c1-12(10,11)8-7-9-5-3-2-4-6-9/h2-6,8H,7H2,1H3,(H2,10,11). The van der Waals surface area contributed by atoms with Gasteiger partial charge >= 0.3 is 0 Å². The summed E-state index contributed by atoms with van der Waals surface area (Å²) in [5, 5.41) is 7.01. The van der Waals surface area contributed by atoms with Gasteiger partial charge < -0.3 is 0 Å². The molecule has 0 aliphatic rings. The van der Waals surface area contributed by atoms with E-state index in [2.05, 4.69) is 0 Å². The van der Waals surface area contributed by atoms with Crippen LogP contribution in [0.5, 0.6) is 0 Å². The Morgan fingerprint density at radius 2 is 2.00 bits per heavy atom. The first-order chi connectivity index (χ1) is 5.58. The predicted molar refractivity (Wildman–Crippen MR) is 54.5 cm³/mol. The largest absolute Gasteiger partial charge is 0.260 e. The summed E-state index contributed by atoms with van der Waals surface area (Å²) in [6.45, 7) is 0. The summed E-state index contributed by atoms with van der Waals surface area (Å²) in [6, 6.07) is 9.84. The number of hydrogen-bond donors (Lipinski definition) is 1. The highest BCUT2D eigenvalue weighted by molar-refractivity contribution is 7.98. The van der Waals surface area contributed by atoms with Crippen molar-refractivity contribution in [3.05, 3.63) is 35.9 Å². The minimum absolute atomic E-state index is 0.673. The van der Waals surface area contributed by atoms with Crippen LogP contribution >= 0.6 is 0 Å². The molecular formula is C9H13NOS. The lowest BCUT2D eigenvalue weighted by atomic mass is 10.2. The summed E-state index contributed by atoms with van der Waals surface area (Å²) in [5.41, 5.74) is 1.14. The molecular weight excluding hydrogens is 170 g/mol. The maximum absolute atomic E-state index is 11.1. The lowest BCUT2D eigenvalue weighted by Crippen LogP contribution is -2.13. The van der Waals surface area contributed by atoms with Crippen molar-refractivity contribution >= 4 is 15.1 Å². The van der Waals surface area contributed by atoms with Gasteiger partial charge in [0, 0.05) is 16.0 Å². The van der Waals surface area contributed by atoms with Gasteiger partial charge in [-0.2, -0.15) is 0 Å². The molecule has 1 rings (SSSR count). The van der Waals surface area contributed by atoms with E-state index in [-0.39, 0.29) is 0 Å².